The van der Waals surface area contributed by atoms with E-state index in [-0.39, 0.29) is 11.7 Å². The molecule has 6 heteroatoms. The monoisotopic (exact) mass is 280 g/mol. The summed E-state index contributed by atoms with van der Waals surface area (Å²) < 4.78 is 5.18. The van der Waals surface area contributed by atoms with Gasteiger partial charge in [-0.3, -0.25) is 4.79 Å². The first kappa shape index (κ1) is 13.1. The minimum absolute atomic E-state index is 0.0616. The Balaban J connectivity index is 1.85. The fourth-order valence-corrected chi connectivity index (χ4v) is 1.90. The molecule has 0 aliphatic carbocycles. The van der Waals surface area contributed by atoms with Gasteiger partial charge in [0.15, 0.2) is 5.78 Å². The van der Waals surface area contributed by atoms with Gasteiger partial charge in [-0.1, -0.05) is 35.5 Å². The van der Waals surface area contributed by atoms with E-state index < -0.39 is 5.92 Å². The molecule has 0 fully saturated rings. The minimum atomic E-state index is -0.504. The van der Waals surface area contributed by atoms with Crippen LogP contribution in [-0.4, -0.2) is 25.9 Å². The highest BCUT2D eigenvalue weighted by Gasteiger charge is 2.23. The molecule has 104 valence electrons. The number of hydrogen-bond donors (Lipinski definition) is 0. The van der Waals surface area contributed by atoms with E-state index in [9.17, 15) is 4.79 Å². The predicted molar refractivity (Wildman–Crippen MR) is 74.5 cm³/mol. The molecular weight excluding hydrogens is 268 g/mol. The minimum Gasteiger partial charge on any atom is -0.338 e. The average molecular weight is 280 g/mol. The third kappa shape index (κ3) is 2.69. The van der Waals surface area contributed by atoms with Crippen molar-refractivity contribution in [2.24, 2.45) is 0 Å². The summed E-state index contributed by atoms with van der Waals surface area (Å²) in [6, 6.07) is 10.7. The molecule has 0 aliphatic rings. The number of aromatic nitrogens is 4. The lowest BCUT2D eigenvalue weighted by Gasteiger charge is -2.04. The smallest absolute Gasteiger partial charge is 0.237 e. The number of benzene rings is 1. The molecule has 1 aromatic carbocycles. The number of rotatable bonds is 4. The maximum Gasteiger partial charge on any atom is 0.237 e. The van der Waals surface area contributed by atoms with Gasteiger partial charge >= 0.3 is 0 Å². The van der Waals surface area contributed by atoms with Crippen LogP contribution < -0.4 is 0 Å². The van der Waals surface area contributed by atoms with Crippen molar-refractivity contribution in [2.75, 3.05) is 0 Å². The molecule has 0 N–H and O–H groups in total. The van der Waals surface area contributed by atoms with Crippen LogP contribution >= 0.6 is 0 Å². The highest BCUT2D eigenvalue weighted by Crippen LogP contribution is 2.21. The Morgan fingerprint density at radius 3 is 2.71 bits per heavy atom. The van der Waals surface area contributed by atoms with E-state index in [1.54, 1.807) is 31.3 Å². The Hall–Kier alpha value is -2.89. The van der Waals surface area contributed by atoms with Crippen molar-refractivity contribution >= 4 is 5.78 Å². The molecule has 0 amide bonds. The van der Waals surface area contributed by atoms with Gasteiger partial charge in [-0.25, -0.2) is 9.97 Å². The SMILES string of the molecule is CC(C(=O)c1ccccc1)c1nc(-c2ccncn2)no1. The molecule has 2 heterocycles. The van der Waals surface area contributed by atoms with Crippen molar-refractivity contribution in [3.63, 3.8) is 0 Å². The van der Waals surface area contributed by atoms with Crippen LogP contribution in [0, 0.1) is 0 Å². The molecule has 1 unspecified atom stereocenters. The standard InChI is InChI=1S/C15H12N4O2/c1-10(13(20)11-5-3-2-4-6-11)15-18-14(19-21-15)12-7-8-16-9-17-12/h2-10H,1H3. The van der Waals surface area contributed by atoms with Crippen LogP contribution in [0.15, 0.2) is 53.4 Å². The van der Waals surface area contributed by atoms with Gasteiger partial charge in [0.05, 0.1) is 5.92 Å². The van der Waals surface area contributed by atoms with Crippen LogP contribution in [0.25, 0.3) is 11.5 Å². The lowest BCUT2D eigenvalue weighted by molar-refractivity contribution is 0.0951. The van der Waals surface area contributed by atoms with Gasteiger partial charge in [0.25, 0.3) is 0 Å². The second kappa shape index (κ2) is 5.62. The second-order valence-corrected chi connectivity index (χ2v) is 4.50. The highest BCUT2D eigenvalue weighted by atomic mass is 16.5. The Morgan fingerprint density at radius 1 is 1.19 bits per heavy atom. The van der Waals surface area contributed by atoms with Gasteiger partial charge < -0.3 is 4.52 Å². The van der Waals surface area contributed by atoms with E-state index in [4.69, 9.17) is 4.52 Å². The van der Waals surface area contributed by atoms with E-state index >= 15 is 0 Å². The van der Waals surface area contributed by atoms with E-state index in [0.717, 1.165) is 0 Å². The molecule has 2 aromatic heterocycles. The summed E-state index contributed by atoms with van der Waals surface area (Å²) in [6.07, 6.45) is 3.00. The van der Waals surface area contributed by atoms with Gasteiger partial charge in [0.1, 0.15) is 12.0 Å². The summed E-state index contributed by atoms with van der Waals surface area (Å²) in [7, 11) is 0. The number of ketones is 1. The van der Waals surface area contributed by atoms with Crippen LogP contribution in [0.5, 0.6) is 0 Å². The fraction of sp³-hybridized carbons (Fsp3) is 0.133. The lowest BCUT2D eigenvalue weighted by Crippen LogP contribution is -2.09. The topological polar surface area (TPSA) is 81.8 Å². The van der Waals surface area contributed by atoms with Gasteiger partial charge in [-0.15, -0.1) is 0 Å². The van der Waals surface area contributed by atoms with Crippen LogP contribution in [-0.2, 0) is 0 Å². The molecule has 21 heavy (non-hydrogen) atoms. The number of carbonyl (C=O) groups excluding carboxylic acids is 1. The molecule has 0 saturated heterocycles. The van der Waals surface area contributed by atoms with Crippen molar-refractivity contribution in [2.45, 2.75) is 12.8 Å². The van der Waals surface area contributed by atoms with Crippen molar-refractivity contribution < 1.29 is 9.32 Å². The molecule has 0 bridgehead atoms. The van der Waals surface area contributed by atoms with Crippen molar-refractivity contribution in [3.05, 3.63) is 60.4 Å². The molecule has 0 radical (unpaired) electrons. The first-order chi connectivity index (χ1) is 10.3. The van der Waals surface area contributed by atoms with Gasteiger partial charge in [-0.2, -0.15) is 4.98 Å². The highest BCUT2D eigenvalue weighted by molar-refractivity contribution is 6.00. The summed E-state index contributed by atoms with van der Waals surface area (Å²) in [5, 5.41) is 3.85. The predicted octanol–water partition coefficient (Wildman–Crippen LogP) is 2.51. The maximum absolute atomic E-state index is 12.3. The number of nitrogens with zero attached hydrogens (tertiary/aromatic N) is 4. The van der Waals surface area contributed by atoms with Crippen LogP contribution in [0.3, 0.4) is 0 Å². The molecule has 3 aromatic rings. The fourth-order valence-electron chi connectivity index (χ4n) is 1.90. The lowest BCUT2D eigenvalue weighted by atomic mass is 9.99. The zero-order valence-corrected chi connectivity index (χ0v) is 11.3. The Kier molecular flexibility index (Phi) is 3.51. The van der Waals surface area contributed by atoms with E-state index in [2.05, 4.69) is 20.1 Å². The van der Waals surface area contributed by atoms with Gasteiger partial charge in [0, 0.05) is 11.8 Å². The molecule has 0 saturated carbocycles. The Labute approximate surface area is 120 Å². The zero-order chi connectivity index (χ0) is 14.7. The maximum atomic E-state index is 12.3. The quantitative estimate of drug-likeness (QED) is 0.683. The Morgan fingerprint density at radius 2 is 2.00 bits per heavy atom. The second-order valence-electron chi connectivity index (χ2n) is 4.50. The largest absolute Gasteiger partial charge is 0.338 e. The van der Waals surface area contributed by atoms with Crippen molar-refractivity contribution in [1.29, 1.82) is 0 Å². The van der Waals surface area contributed by atoms with E-state index in [1.165, 1.54) is 6.33 Å². The van der Waals surface area contributed by atoms with Crippen LogP contribution in [0.2, 0.25) is 0 Å². The van der Waals surface area contributed by atoms with Gasteiger partial charge in [-0.05, 0) is 13.0 Å². The third-order valence-electron chi connectivity index (χ3n) is 3.07. The molecular formula is C15H12N4O2. The molecule has 3 rings (SSSR count). The van der Waals surface area contributed by atoms with Crippen LogP contribution in [0.1, 0.15) is 29.1 Å². The summed E-state index contributed by atoms with van der Waals surface area (Å²) in [4.78, 5) is 24.4. The van der Waals surface area contributed by atoms with E-state index in [1.807, 2.05) is 18.2 Å². The van der Waals surface area contributed by atoms with Crippen LogP contribution in [0.4, 0.5) is 0 Å². The molecule has 0 spiro atoms. The van der Waals surface area contributed by atoms with Crippen molar-refractivity contribution in [3.8, 4) is 11.5 Å². The molecule has 0 aliphatic heterocycles. The molecule has 1 atom stereocenters. The Bertz CT molecular complexity index is 741. The third-order valence-corrected chi connectivity index (χ3v) is 3.07. The number of Topliss-reactive ketones (excluding diaryl/α,β-unsaturated/α-hetero) is 1. The molecule has 6 nitrogen and oxygen atoms in total. The van der Waals surface area contributed by atoms with E-state index in [0.29, 0.717) is 17.1 Å². The summed E-state index contributed by atoms with van der Waals surface area (Å²) in [6.45, 7) is 1.74. The average Bonchev–Trinajstić information content (AvgIpc) is 3.05. The first-order valence-electron chi connectivity index (χ1n) is 6.45. The van der Waals surface area contributed by atoms with Crippen molar-refractivity contribution in [1.82, 2.24) is 20.1 Å². The number of hydrogen-bond acceptors (Lipinski definition) is 6. The first-order valence-corrected chi connectivity index (χ1v) is 6.45. The summed E-state index contributed by atoms with van der Waals surface area (Å²) >= 11 is 0. The summed E-state index contributed by atoms with van der Waals surface area (Å²) in [5.41, 5.74) is 1.17. The number of carbonyl (C=O) groups is 1. The summed E-state index contributed by atoms with van der Waals surface area (Å²) in [5.74, 6) is 0.0570. The normalized spacial score (nSPS) is 12.0. The van der Waals surface area contributed by atoms with Gasteiger partial charge in [0.2, 0.25) is 11.7 Å². The zero-order valence-electron chi connectivity index (χ0n) is 11.3.